The monoisotopic (exact) mass is 352 g/mol. The van der Waals surface area contributed by atoms with Crippen LogP contribution in [0.25, 0.3) is 11.2 Å². The number of rotatable bonds is 3. The van der Waals surface area contributed by atoms with Crippen molar-refractivity contribution in [3.63, 3.8) is 0 Å². The molecule has 2 fully saturated rings. The van der Waals surface area contributed by atoms with E-state index in [0.717, 1.165) is 0 Å². The predicted octanol–water partition coefficient (Wildman–Crippen LogP) is -2.14. The van der Waals surface area contributed by atoms with Crippen molar-refractivity contribution in [3.05, 3.63) is 6.33 Å². The van der Waals surface area contributed by atoms with E-state index >= 15 is 0 Å². The molecule has 0 spiro atoms. The summed E-state index contributed by atoms with van der Waals surface area (Å²) in [5.74, 6) is 0.713. The van der Waals surface area contributed by atoms with Crippen LogP contribution < -0.4 is 10.6 Å². The van der Waals surface area contributed by atoms with Gasteiger partial charge in [-0.05, 0) is 0 Å². The Morgan fingerprint density at radius 1 is 1.20 bits per heavy atom. The van der Waals surface area contributed by atoms with Crippen LogP contribution in [-0.2, 0) is 9.47 Å². The number of hydrogen-bond donors (Lipinski definition) is 4. The molecule has 0 aliphatic carbocycles. The Labute approximate surface area is 142 Å². The number of aliphatic hydroxyl groups excluding tert-OH is 3. The highest BCUT2D eigenvalue weighted by Crippen LogP contribution is 2.36. The fraction of sp³-hybridized carbons (Fsp3) is 0.643. The van der Waals surface area contributed by atoms with Crippen LogP contribution in [0.15, 0.2) is 6.33 Å². The number of fused-ring (bicyclic) bond motifs is 1. The molecule has 0 amide bonds. The number of anilines is 2. The summed E-state index contributed by atoms with van der Waals surface area (Å²) in [4.78, 5) is 14.7. The minimum absolute atomic E-state index is 0.213. The fourth-order valence-electron chi connectivity index (χ4n) is 3.23. The first kappa shape index (κ1) is 16.4. The zero-order chi connectivity index (χ0) is 17.6. The number of aliphatic hydroxyl groups is 3. The Kier molecular flexibility index (Phi) is 4.17. The Balaban J connectivity index is 1.84. The van der Waals surface area contributed by atoms with Gasteiger partial charge in [-0.1, -0.05) is 0 Å². The van der Waals surface area contributed by atoms with Gasteiger partial charge in [0.1, 0.15) is 24.6 Å². The summed E-state index contributed by atoms with van der Waals surface area (Å²) < 4.78 is 12.6. The fourth-order valence-corrected chi connectivity index (χ4v) is 3.23. The normalized spacial score (nSPS) is 30.3. The van der Waals surface area contributed by atoms with Crippen molar-refractivity contribution >= 4 is 22.9 Å². The highest BCUT2D eigenvalue weighted by Gasteiger charge is 2.45. The third kappa shape index (κ3) is 2.60. The number of imidazole rings is 1. The quantitative estimate of drug-likeness (QED) is 0.481. The average molecular weight is 352 g/mol. The summed E-state index contributed by atoms with van der Waals surface area (Å²) >= 11 is 0. The lowest BCUT2D eigenvalue weighted by molar-refractivity contribution is -0.0506. The smallest absolute Gasteiger partial charge is 0.210 e. The SMILES string of the molecule is Nc1ncnc2c1nc(N1CCOCC1)n2[C@H]1O[C@@H](CO)C(O)C1O. The van der Waals surface area contributed by atoms with E-state index in [1.54, 1.807) is 4.57 Å². The van der Waals surface area contributed by atoms with Crippen LogP contribution in [0.5, 0.6) is 0 Å². The summed E-state index contributed by atoms with van der Waals surface area (Å²) in [6.45, 7) is 1.88. The molecular weight excluding hydrogens is 332 g/mol. The summed E-state index contributed by atoms with van der Waals surface area (Å²) in [6, 6.07) is 0. The van der Waals surface area contributed by atoms with Crippen LogP contribution >= 0.6 is 0 Å². The van der Waals surface area contributed by atoms with E-state index < -0.39 is 31.1 Å². The minimum atomic E-state index is -1.24. The van der Waals surface area contributed by atoms with Gasteiger partial charge in [0.15, 0.2) is 23.2 Å². The van der Waals surface area contributed by atoms with Crippen LogP contribution in [0.4, 0.5) is 11.8 Å². The van der Waals surface area contributed by atoms with Gasteiger partial charge in [0.2, 0.25) is 5.95 Å². The molecule has 136 valence electrons. The Morgan fingerprint density at radius 2 is 1.96 bits per heavy atom. The first-order valence-electron chi connectivity index (χ1n) is 8.05. The number of nitrogens with zero attached hydrogens (tertiary/aromatic N) is 5. The van der Waals surface area contributed by atoms with Gasteiger partial charge in [-0.2, -0.15) is 0 Å². The largest absolute Gasteiger partial charge is 0.394 e. The molecule has 25 heavy (non-hydrogen) atoms. The highest BCUT2D eigenvalue weighted by molar-refractivity contribution is 5.84. The third-order valence-corrected chi connectivity index (χ3v) is 4.55. The van der Waals surface area contributed by atoms with E-state index in [-0.39, 0.29) is 5.82 Å². The molecule has 2 aromatic rings. The molecule has 2 aliphatic rings. The molecule has 2 unspecified atom stereocenters. The molecule has 2 saturated heterocycles. The molecule has 2 aliphatic heterocycles. The molecule has 0 bridgehead atoms. The van der Waals surface area contributed by atoms with E-state index in [1.165, 1.54) is 6.33 Å². The van der Waals surface area contributed by atoms with Crippen molar-refractivity contribution in [2.45, 2.75) is 24.5 Å². The van der Waals surface area contributed by atoms with Gasteiger partial charge < -0.3 is 35.4 Å². The lowest BCUT2D eigenvalue weighted by Crippen LogP contribution is -2.39. The van der Waals surface area contributed by atoms with Crippen LogP contribution in [0.1, 0.15) is 6.23 Å². The molecule has 4 rings (SSSR count). The predicted molar refractivity (Wildman–Crippen MR) is 85.8 cm³/mol. The van der Waals surface area contributed by atoms with Crippen LogP contribution in [0, 0.1) is 0 Å². The summed E-state index contributed by atoms with van der Waals surface area (Å²) in [5.41, 5.74) is 6.70. The number of hydrogen-bond acceptors (Lipinski definition) is 10. The average Bonchev–Trinajstić information content (AvgIpc) is 3.15. The molecule has 4 heterocycles. The summed E-state index contributed by atoms with van der Waals surface area (Å²) in [7, 11) is 0. The van der Waals surface area contributed by atoms with Crippen molar-refractivity contribution in [2.24, 2.45) is 0 Å². The second-order valence-corrected chi connectivity index (χ2v) is 6.04. The summed E-state index contributed by atoms with van der Waals surface area (Å²) in [5, 5.41) is 29.9. The molecule has 11 nitrogen and oxygen atoms in total. The van der Waals surface area contributed by atoms with Crippen molar-refractivity contribution in [3.8, 4) is 0 Å². The third-order valence-electron chi connectivity index (χ3n) is 4.55. The Hall–Kier alpha value is -2.05. The molecule has 11 heteroatoms. The van der Waals surface area contributed by atoms with Gasteiger partial charge >= 0.3 is 0 Å². The van der Waals surface area contributed by atoms with Gasteiger partial charge in [0.25, 0.3) is 0 Å². The van der Waals surface area contributed by atoms with Crippen LogP contribution in [-0.4, -0.2) is 86.1 Å². The van der Waals surface area contributed by atoms with E-state index in [0.29, 0.717) is 43.4 Å². The standard InChI is InChI=1S/C14H20N6O5/c15-11-8-12(17-6-16-11)20(13-10(23)9(22)7(5-21)25-13)14(18-8)19-1-3-24-4-2-19/h6-7,9-10,13,21-23H,1-5H2,(H2,15,16,17)/t7-,9?,10?,13-/m0/s1. The van der Waals surface area contributed by atoms with E-state index in [9.17, 15) is 15.3 Å². The second kappa shape index (κ2) is 6.35. The maximum absolute atomic E-state index is 10.4. The topological polar surface area (TPSA) is 152 Å². The number of nitrogens with two attached hydrogens (primary N) is 1. The maximum Gasteiger partial charge on any atom is 0.210 e. The van der Waals surface area contributed by atoms with E-state index in [2.05, 4.69) is 15.0 Å². The molecule has 5 N–H and O–H groups in total. The van der Waals surface area contributed by atoms with Crippen molar-refractivity contribution in [1.82, 2.24) is 19.5 Å². The second-order valence-electron chi connectivity index (χ2n) is 6.04. The molecule has 2 aromatic heterocycles. The van der Waals surface area contributed by atoms with Crippen LogP contribution in [0.3, 0.4) is 0 Å². The van der Waals surface area contributed by atoms with E-state index in [1.807, 2.05) is 4.90 Å². The van der Waals surface area contributed by atoms with Gasteiger partial charge in [0.05, 0.1) is 19.8 Å². The number of aromatic nitrogens is 4. The lowest BCUT2D eigenvalue weighted by Gasteiger charge is -2.30. The summed E-state index contributed by atoms with van der Waals surface area (Å²) in [6.07, 6.45) is -3.01. The van der Waals surface area contributed by atoms with Gasteiger partial charge in [-0.15, -0.1) is 0 Å². The molecule has 0 aromatic carbocycles. The van der Waals surface area contributed by atoms with E-state index in [4.69, 9.17) is 15.2 Å². The van der Waals surface area contributed by atoms with Gasteiger partial charge in [0, 0.05) is 13.1 Å². The molecule has 0 radical (unpaired) electrons. The maximum atomic E-state index is 10.4. The van der Waals surface area contributed by atoms with Crippen LogP contribution in [0.2, 0.25) is 0 Å². The van der Waals surface area contributed by atoms with Crippen molar-refractivity contribution in [1.29, 1.82) is 0 Å². The van der Waals surface area contributed by atoms with Gasteiger partial charge in [-0.25, -0.2) is 15.0 Å². The molecule has 4 atom stereocenters. The van der Waals surface area contributed by atoms with Gasteiger partial charge in [-0.3, -0.25) is 4.57 Å². The zero-order valence-corrected chi connectivity index (χ0v) is 13.4. The molecule has 0 saturated carbocycles. The Bertz CT molecular complexity index is 763. The first-order chi connectivity index (χ1) is 12.1. The zero-order valence-electron chi connectivity index (χ0n) is 13.4. The lowest BCUT2D eigenvalue weighted by atomic mass is 10.1. The Morgan fingerprint density at radius 3 is 2.64 bits per heavy atom. The molecular formula is C14H20N6O5. The van der Waals surface area contributed by atoms with Crippen molar-refractivity contribution < 1.29 is 24.8 Å². The number of ether oxygens (including phenoxy) is 2. The highest BCUT2D eigenvalue weighted by atomic mass is 16.6. The van der Waals surface area contributed by atoms with Crippen molar-refractivity contribution in [2.75, 3.05) is 43.5 Å². The number of nitrogen functional groups attached to an aromatic ring is 1. The first-order valence-corrected chi connectivity index (χ1v) is 8.05. The number of morpholine rings is 1. The minimum Gasteiger partial charge on any atom is -0.394 e.